The molecule has 0 amide bonds. The van der Waals surface area contributed by atoms with E-state index in [0.29, 0.717) is 0 Å². The summed E-state index contributed by atoms with van der Waals surface area (Å²) in [6.07, 6.45) is 0. The van der Waals surface area contributed by atoms with E-state index >= 15 is 0 Å². The first-order chi connectivity index (χ1) is 3.46. The summed E-state index contributed by atoms with van der Waals surface area (Å²) in [5.41, 5.74) is 0. The third kappa shape index (κ3) is 5640. The molecule has 0 unspecified atom stereocenters. The van der Waals surface area contributed by atoms with Gasteiger partial charge in [0, 0.05) is 11.9 Å². The van der Waals surface area contributed by atoms with E-state index in [9.17, 15) is 0 Å². The number of hydrogen-bond donors (Lipinski definition) is 0. The SMILES string of the molecule is CC(=O)[O-].CC(=O)[O-].O.O.O.O.O.O.O.O.O.O.[Zn+2]. The standard InChI is InChI=1S/2C2H4O2.10H2O.Zn/c2*1-2(3)4;;;;;;;;;;;/h2*1H3,(H,3,4);10*1H2;/q;;;;;;;;;;;;+2/p-2. The van der Waals surface area contributed by atoms with Crippen molar-refractivity contribution < 1.29 is 94.0 Å². The molecule has 0 aliphatic rings. The van der Waals surface area contributed by atoms with E-state index in [-0.39, 0.29) is 74.2 Å². The van der Waals surface area contributed by atoms with Crippen molar-refractivity contribution in [1.82, 2.24) is 0 Å². The first kappa shape index (κ1) is 201. The van der Waals surface area contributed by atoms with Gasteiger partial charge in [-0.05, 0) is 13.8 Å². The van der Waals surface area contributed by atoms with Crippen molar-refractivity contribution in [2.24, 2.45) is 0 Å². The summed E-state index contributed by atoms with van der Waals surface area (Å²) >= 11 is 0. The molecule has 0 aliphatic carbocycles. The van der Waals surface area contributed by atoms with Gasteiger partial charge in [-0.1, -0.05) is 0 Å². The van der Waals surface area contributed by atoms with E-state index < -0.39 is 11.9 Å². The molecule has 0 aromatic heterocycles. The van der Waals surface area contributed by atoms with Gasteiger partial charge in [-0.3, -0.25) is 0 Å². The maximum absolute atomic E-state index is 8.89. The van der Waals surface area contributed by atoms with Crippen LogP contribution in [0.2, 0.25) is 0 Å². The minimum absolute atomic E-state index is 0. The summed E-state index contributed by atoms with van der Waals surface area (Å²) in [7, 11) is 0. The minimum atomic E-state index is -1.08. The fourth-order valence-corrected chi connectivity index (χ4v) is 0. The first-order valence-electron chi connectivity index (χ1n) is 1.82. The van der Waals surface area contributed by atoms with Crippen LogP contribution in [0.25, 0.3) is 0 Å². The van der Waals surface area contributed by atoms with Gasteiger partial charge in [-0.15, -0.1) is 0 Å². The van der Waals surface area contributed by atoms with Crippen molar-refractivity contribution in [2.45, 2.75) is 13.8 Å². The van der Waals surface area contributed by atoms with Gasteiger partial charge in [0.2, 0.25) is 0 Å². The zero-order valence-corrected chi connectivity index (χ0v) is 13.3. The molecule has 0 spiro atoms. The first-order valence-corrected chi connectivity index (χ1v) is 1.82. The second-order valence-electron chi connectivity index (χ2n) is 0.983. The largest absolute Gasteiger partial charge is 2.00 e. The van der Waals surface area contributed by atoms with Crippen LogP contribution in [0.1, 0.15) is 13.8 Å². The van der Waals surface area contributed by atoms with Gasteiger partial charge in [-0.25, -0.2) is 0 Å². The monoisotopic (exact) mass is 362 g/mol. The summed E-state index contributed by atoms with van der Waals surface area (Å²) < 4.78 is 0. The number of carboxylic acid groups (broad SMARTS) is 2. The van der Waals surface area contributed by atoms with Gasteiger partial charge in [0.1, 0.15) is 0 Å². The number of carboxylic acids is 2. The average Bonchev–Trinajstić information content (AvgIpc) is 1.25. The zero-order chi connectivity index (χ0) is 7.15. The molecule has 19 heavy (non-hydrogen) atoms. The normalized spacial score (nSPS) is 2.63. The molecule has 0 heterocycles. The third-order valence-corrected chi connectivity index (χ3v) is 0. The Bertz CT molecular complexity index is 77.4. The van der Waals surface area contributed by atoms with E-state index in [1.54, 1.807) is 0 Å². The van der Waals surface area contributed by atoms with E-state index in [0.717, 1.165) is 13.8 Å². The van der Waals surface area contributed by atoms with E-state index in [1.807, 2.05) is 0 Å². The van der Waals surface area contributed by atoms with Crippen LogP contribution in [0.4, 0.5) is 0 Å². The Balaban J connectivity index is -0.00000000218. The second-order valence-corrected chi connectivity index (χ2v) is 0.983. The van der Waals surface area contributed by atoms with E-state index in [2.05, 4.69) is 0 Å². The fourth-order valence-electron chi connectivity index (χ4n) is 0. The molecule has 0 rings (SSSR count). The van der Waals surface area contributed by atoms with Gasteiger partial charge in [0.25, 0.3) is 0 Å². The molecule has 0 atom stereocenters. The molecule has 0 aromatic carbocycles. The molecule has 20 N–H and O–H groups in total. The van der Waals surface area contributed by atoms with Gasteiger partial charge in [0.15, 0.2) is 0 Å². The number of hydrogen-bond acceptors (Lipinski definition) is 4. The van der Waals surface area contributed by atoms with Crippen molar-refractivity contribution in [3.8, 4) is 0 Å². The summed E-state index contributed by atoms with van der Waals surface area (Å²) in [4.78, 5) is 17.8. The number of aliphatic carboxylic acids is 2. The molecule has 0 fully saturated rings. The third-order valence-electron chi connectivity index (χ3n) is 0. The molecule has 0 aliphatic heterocycles. The van der Waals surface area contributed by atoms with Crippen LogP contribution < -0.4 is 10.2 Å². The van der Waals surface area contributed by atoms with Crippen LogP contribution in [0.3, 0.4) is 0 Å². The Morgan fingerprint density at radius 2 is 0.526 bits per heavy atom. The summed E-state index contributed by atoms with van der Waals surface area (Å²) in [6.45, 7) is 1.94. The Labute approximate surface area is 120 Å². The summed E-state index contributed by atoms with van der Waals surface area (Å²) in [5, 5.41) is 17.8. The van der Waals surface area contributed by atoms with Gasteiger partial charge >= 0.3 is 19.5 Å². The van der Waals surface area contributed by atoms with Crippen molar-refractivity contribution in [3.63, 3.8) is 0 Å². The van der Waals surface area contributed by atoms with Crippen LogP contribution in [0, 0.1) is 0 Å². The van der Waals surface area contributed by atoms with Gasteiger partial charge in [-0.2, -0.15) is 0 Å². The molecule has 0 saturated carbocycles. The molecule has 14 nitrogen and oxygen atoms in total. The predicted molar refractivity (Wildman–Crippen MR) is 57.5 cm³/mol. The molecule has 0 saturated heterocycles. The van der Waals surface area contributed by atoms with Crippen LogP contribution in [0.15, 0.2) is 0 Å². The van der Waals surface area contributed by atoms with Crippen molar-refractivity contribution in [1.29, 1.82) is 0 Å². The Hall–Kier alpha value is -0.837. The van der Waals surface area contributed by atoms with Crippen LogP contribution >= 0.6 is 0 Å². The van der Waals surface area contributed by atoms with Crippen LogP contribution in [0.5, 0.6) is 0 Å². The fraction of sp³-hybridized carbons (Fsp3) is 0.500. The van der Waals surface area contributed by atoms with E-state index in [4.69, 9.17) is 19.8 Å². The van der Waals surface area contributed by atoms with E-state index in [1.165, 1.54) is 0 Å². The van der Waals surface area contributed by atoms with Crippen LogP contribution in [-0.2, 0) is 29.1 Å². The molecular formula is C4H26O14Zn. The zero-order valence-electron chi connectivity index (χ0n) is 10.3. The van der Waals surface area contributed by atoms with Gasteiger partial charge < -0.3 is 74.6 Å². The number of carbonyl (C=O) groups is 2. The Morgan fingerprint density at radius 3 is 0.526 bits per heavy atom. The average molecular weight is 364 g/mol. The summed E-state index contributed by atoms with van der Waals surface area (Å²) in [5.74, 6) is -2.17. The number of rotatable bonds is 0. The maximum Gasteiger partial charge on any atom is 2.00 e. The summed E-state index contributed by atoms with van der Waals surface area (Å²) in [6, 6.07) is 0. The second kappa shape index (κ2) is 168. The van der Waals surface area contributed by atoms with Crippen molar-refractivity contribution in [3.05, 3.63) is 0 Å². The number of carbonyl (C=O) groups excluding carboxylic acids is 2. The molecule has 0 aromatic rings. The molecular weight excluding hydrogens is 337 g/mol. The molecule has 0 radical (unpaired) electrons. The molecule has 15 heteroatoms. The maximum atomic E-state index is 8.89. The molecule has 128 valence electrons. The molecule has 0 bridgehead atoms. The smallest absolute Gasteiger partial charge is 0.550 e. The minimum Gasteiger partial charge on any atom is -0.550 e. The topological polar surface area (TPSA) is 395 Å². The predicted octanol–water partition coefficient (Wildman–Crippen LogP) is -10.7. The van der Waals surface area contributed by atoms with Crippen molar-refractivity contribution >= 4 is 11.9 Å². The Morgan fingerprint density at radius 1 is 0.526 bits per heavy atom. The van der Waals surface area contributed by atoms with Crippen molar-refractivity contribution in [2.75, 3.05) is 0 Å². The Kier molecular flexibility index (Phi) is 1780. The van der Waals surface area contributed by atoms with Crippen LogP contribution in [-0.4, -0.2) is 66.7 Å². The quantitative estimate of drug-likeness (QED) is 0.377. The van der Waals surface area contributed by atoms with Gasteiger partial charge in [0.05, 0.1) is 0 Å².